The predicted molar refractivity (Wildman–Crippen MR) is 89.3 cm³/mol. The maximum atomic E-state index is 12.7. The van der Waals surface area contributed by atoms with Crippen molar-refractivity contribution in [3.05, 3.63) is 65.7 Å². The molecule has 1 atom stereocenters. The molecule has 0 radical (unpaired) electrons. The zero-order chi connectivity index (χ0) is 16.9. The summed E-state index contributed by atoms with van der Waals surface area (Å²) in [5.41, 5.74) is 1.78. The molecule has 24 heavy (non-hydrogen) atoms. The number of ether oxygens (including phenoxy) is 1. The fourth-order valence-corrected chi connectivity index (χ4v) is 2.99. The van der Waals surface area contributed by atoms with Crippen molar-refractivity contribution in [2.75, 3.05) is 19.7 Å². The quantitative estimate of drug-likeness (QED) is 0.918. The summed E-state index contributed by atoms with van der Waals surface area (Å²) >= 11 is 0. The van der Waals surface area contributed by atoms with Crippen LogP contribution in [0.15, 0.2) is 54.6 Å². The molecule has 0 aliphatic carbocycles. The maximum Gasteiger partial charge on any atom is 0.341 e. The minimum atomic E-state index is -1.04. The third kappa shape index (κ3) is 3.74. The van der Waals surface area contributed by atoms with Crippen LogP contribution in [-0.4, -0.2) is 41.6 Å². The number of carbonyl (C=O) groups excluding carboxylic acids is 1. The van der Waals surface area contributed by atoms with E-state index in [4.69, 9.17) is 9.84 Å². The van der Waals surface area contributed by atoms with Gasteiger partial charge in [-0.05, 0) is 30.2 Å². The van der Waals surface area contributed by atoms with Gasteiger partial charge in [0.1, 0.15) is 5.75 Å². The van der Waals surface area contributed by atoms with Crippen LogP contribution in [-0.2, 0) is 4.79 Å². The van der Waals surface area contributed by atoms with Crippen LogP contribution in [0.25, 0.3) is 0 Å². The zero-order valence-corrected chi connectivity index (χ0v) is 13.2. The molecule has 1 unspecified atom stereocenters. The Labute approximate surface area is 140 Å². The third-order valence-electron chi connectivity index (χ3n) is 4.19. The molecular weight excluding hydrogens is 306 g/mol. The van der Waals surface area contributed by atoms with E-state index in [0.717, 1.165) is 13.0 Å². The van der Waals surface area contributed by atoms with Gasteiger partial charge < -0.3 is 14.7 Å². The highest BCUT2D eigenvalue weighted by molar-refractivity contribution is 5.94. The Morgan fingerprint density at radius 2 is 1.92 bits per heavy atom. The maximum absolute atomic E-state index is 12.7. The monoisotopic (exact) mass is 325 g/mol. The van der Waals surface area contributed by atoms with Crippen LogP contribution in [0.4, 0.5) is 0 Å². The fraction of sp³-hybridized carbons (Fsp3) is 0.263. The van der Waals surface area contributed by atoms with E-state index in [2.05, 4.69) is 12.1 Å². The number of aliphatic carboxylic acids is 1. The minimum absolute atomic E-state index is 0.0470. The minimum Gasteiger partial charge on any atom is -0.482 e. The van der Waals surface area contributed by atoms with Crippen molar-refractivity contribution in [3.8, 4) is 5.75 Å². The third-order valence-corrected chi connectivity index (χ3v) is 4.19. The number of rotatable bonds is 5. The number of carboxylic acid groups (broad SMARTS) is 1. The van der Waals surface area contributed by atoms with Crippen LogP contribution < -0.4 is 4.74 Å². The molecule has 5 heteroatoms. The molecule has 1 amide bonds. The smallest absolute Gasteiger partial charge is 0.341 e. The summed E-state index contributed by atoms with van der Waals surface area (Å²) in [5, 5.41) is 8.66. The number of likely N-dealkylation sites (tertiary alicyclic amines) is 1. The lowest BCUT2D eigenvalue weighted by Gasteiger charge is -2.17. The summed E-state index contributed by atoms with van der Waals surface area (Å²) in [6, 6.07) is 16.9. The number of amides is 1. The molecule has 1 aliphatic heterocycles. The van der Waals surface area contributed by atoms with Gasteiger partial charge in [0.25, 0.3) is 5.91 Å². The van der Waals surface area contributed by atoms with Crippen LogP contribution in [0.1, 0.15) is 28.3 Å². The van der Waals surface area contributed by atoms with E-state index < -0.39 is 12.6 Å². The van der Waals surface area contributed by atoms with E-state index in [0.29, 0.717) is 23.8 Å². The molecule has 0 saturated carbocycles. The average molecular weight is 325 g/mol. The number of nitrogens with zero attached hydrogens (tertiary/aromatic N) is 1. The van der Waals surface area contributed by atoms with Crippen LogP contribution in [0.2, 0.25) is 0 Å². The Balaban J connectivity index is 1.67. The van der Waals surface area contributed by atoms with Crippen LogP contribution in [0.5, 0.6) is 5.75 Å². The molecule has 5 nitrogen and oxygen atoms in total. The topological polar surface area (TPSA) is 66.8 Å². The Morgan fingerprint density at radius 1 is 1.12 bits per heavy atom. The second-order valence-corrected chi connectivity index (χ2v) is 5.86. The SMILES string of the molecule is O=C(O)COc1cccc(C(=O)N2CCC(c3ccccc3)C2)c1. The van der Waals surface area contributed by atoms with Crippen molar-refractivity contribution in [3.63, 3.8) is 0 Å². The molecule has 0 spiro atoms. The van der Waals surface area contributed by atoms with Crippen LogP contribution in [0, 0.1) is 0 Å². The first-order chi connectivity index (χ1) is 11.6. The first-order valence-corrected chi connectivity index (χ1v) is 7.92. The Bertz CT molecular complexity index is 729. The van der Waals surface area contributed by atoms with Gasteiger partial charge in [0.05, 0.1) is 0 Å². The number of carboxylic acids is 1. The van der Waals surface area contributed by atoms with Gasteiger partial charge in [-0.25, -0.2) is 4.79 Å². The molecule has 1 aliphatic rings. The second-order valence-electron chi connectivity index (χ2n) is 5.86. The predicted octanol–water partition coefficient (Wildman–Crippen LogP) is 2.78. The van der Waals surface area contributed by atoms with Crippen molar-refractivity contribution in [1.29, 1.82) is 0 Å². The lowest BCUT2D eigenvalue weighted by Crippen LogP contribution is -2.28. The van der Waals surface area contributed by atoms with Gasteiger partial charge in [-0.3, -0.25) is 4.79 Å². The summed E-state index contributed by atoms with van der Waals surface area (Å²) in [4.78, 5) is 25.1. The summed E-state index contributed by atoms with van der Waals surface area (Å²) < 4.78 is 5.14. The fourth-order valence-electron chi connectivity index (χ4n) is 2.99. The summed E-state index contributed by atoms with van der Waals surface area (Å²) in [6.07, 6.45) is 0.949. The molecule has 1 heterocycles. The van der Waals surface area contributed by atoms with Gasteiger partial charge in [-0.2, -0.15) is 0 Å². The number of benzene rings is 2. The van der Waals surface area contributed by atoms with E-state index >= 15 is 0 Å². The van der Waals surface area contributed by atoms with E-state index in [1.165, 1.54) is 5.56 Å². The van der Waals surface area contributed by atoms with E-state index in [1.807, 2.05) is 23.1 Å². The number of hydrogen-bond acceptors (Lipinski definition) is 3. The normalized spacial score (nSPS) is 16.8. The first-order valence-electron chi connectivity index (χ1n) is 7.92. The van der Waals surface area contributed by atoms with Crippen LogP contribution >= 0.6 is 0 Å². The summed E-state index contributed by atoms with van der Waals surface area (Å²) in [6.45, 7) is 0.999. The second kappa shape index (κ2) is 7.17. The molecule has 2 aromatic carbocycles. The lowest BCUT2D eigenvalue weighted by molar-refractivity contribution is -0.139. The van der Waals surface area contributed by atoms with Crippen molar-refractivity contribution < 1.29 is 19.4 Å². The van der Waals surface area contributed by atoms with Gasteiger partial charge in [-0.15, -0.1) is 0 Å². The summed E-state index contributed by atoms with van der Waals surface area (Å²) in [7, 11) is 0. The van der Waals surface area contributed by atoms with Crippen LogP contribution in [0.3, 0.4) is 0 Å². The molecule has 1 N–H and O–H groups in total. The molecule has 124 valence electrons. The van der Waals surface area contributed by atoms with Gasteiger partial charge in [-0.1, -0.05) is 36.4 Å². The number of carbonyl (C=O) groups is 2. The Morgan fingerprint density at radius 3 is 2.67 bits per heavy atom. The van der Waals surface area contributed by atoms with E-state index in [-0.39, 0.29) is 5.91 Å². The summed E-state index contributed by atoms with van der Waals surface area (Å²) in [5.74, 6) is -0.338. The highest BCUT2D eigenvalue weighted by Crippen LogP contribution is 2.28. The lowest BCUT2D eigenvalue weighted by atomic mass is 9.99. The number of hydrogen-bond donors (Lipinski definition) is 1. The zero-order valence-electron chi connectivity index (χ0n) is 13.2. The Hall–Kier alpha value is -2.82. The van der Waals surface area contributed by atoms with Gasteiger partial charge in [0.2, 0.25) is 0 Å². The highest BCUT2D eigenvalue weighted by Gasteiger charge is 2.27. The van der Waals surface area contributed by atoms with Crippen molar-refractivity contribution in [2.45, 2.75) is 12.3 Å². The first kappa shape index (κ1) is 16.1. The molecule has 0 bridgehead atoms. The molecule has 3 rings (SSSR count). The van der Waals surface area contributed by atoms with Crippen molar-refractivity contribution in [1.82, 2.24) is 4.90 Å². The highest BCUT2D eigenvalue weighted by atomic mass is 16.5. The Kier molecular flexibility index (Phi) is 4.79. The van der Waals surface area contributed by atoms with Crippen molar-refractivity contribution >= 4 is 11.9 Å². The van der Waals surface area contributed by atoms with Gasteiger partial charge >= 0.3 is 5.97 Å². The van der Waals surface area contributed by atoms with Crippen molar-refractivity contribution in [2.24, 2.45) is 0 Å². The van der Waals surface area contributed by atoms with Gasteiger partial charge in [0, 0.05) is 24.6 Å². The van der Waals surface area contributed by atoms with Gasteiger partial charge in [0.15, 0.2) is 6.61 Å². The molecular formula is C19H19NO4. The average Bonchev–Trinajstić information content (AvgIpc) is 3.10. The largest absolute Gasteiger partial charge is 0.482 e. The molecule has 2 aromatic rings. The molecule has 0 aromatic heterocycles. The molecule has 1 fully saturated rings. The van der Waals surface area contributed by atoms with E-state index in [1.54, 1.807) is 24.3 Å². The standard InChI is InChI=1S/C19H19NO4/c21-18(22)13-24-17-8-4-7-15(11-17)19(23)20-10-9-16(12-20)14-5-2-1-3-6-14/h1-8,11,16H,9-10,12-13H2,(H,21,22). The molecule has 1 saturated heterocycles. The van der Waals surface area contributed by atoms with E-state index in [9.17, 15) is 9.59 Å².